The second-order valence-corrected chi connectivity index (χ2v) is 6.76. The Labute approximate surface area is 149 Å². The molecule has 8 nitrogen and oxygen atoms in total. The van der Waals surface area contributed by atoms with E-state index in [9.17, 15) is 15.0 Å². The van der Waals surface area contributed by atoms with Crippen LogP contribution in [0.15, 0.2) is 24.3 Å². The van der Waals surface area contributed by atoms with Gasteiger partial charge in [-0.15, -0.1) is 0 Å². The third kappa shape index (κ3) is 4.05. The minimum Gasteiger partial charge on any atom is -0.440 e. The van der Waals surface area contributed by atoms with Crippen molar-refractivity contribution in [2.45, 2.75) is 50.3 Å². The number of rotatable bonds is 4. The number of carbonyl (C=O) groups is 1. The number of halogens is 1. The Kier molecular flexibility index (Phi) is 5.19. The first-order valence-corrected chi connectivity index (χ1v) is 8.20. The summed E-state index contributed by atoms with van der Waals surface area (Å²) in [5, 5.41) is 22.2. The van der Waals surface area contributed by atoms with Crippen molar-refractivity contribution in [1.82, 2.24) is 0 Å². The number of aliphatic hydroxyl groups excluding tert-OH is 2. The number of hydrogen-bond acceptors (Lipinski definition) is 7. The zero-order valence-corrected chi connectivity index (χ0v) is 14.5. The SMILES string of the molecule is CC1(C)O[C@H]2O[C@H](C(O)CO)[C@@H](OC(=O)Nc3ccc(Cl)cc3)[C@H]2O1. The summed E-state index contributed by atoms with van der Waals surface area (Å²) in [6.07, 6.45) is -5.41. The minimum absolute atomic E-state index is 0.494. The van der Waals surface area contributed by atoms with Gasteiger partial charge in [-0.05, 0) is 38.1 Å². The van der Waals surface area contributed by atoms with Crippen LogP contribution in [0.1, 0.15) is 13.8 Å². The fourth-order valence-corrected chi connectivity index (χ4v) is 2.98. The number of amides is 1. The molecule has 1 aromatic carbocycles. The van der Waals surface area contributed by atoms with Gasteiger partial charge in [-0.3, -0.25) is 5.32 Å². The first-order valence-electron chi connectivity index (χ1n) is 7.82. The van der Waals surface area contributed by atoms with E-state index in [1.807, 2.05) is 0 Å². The van der Waals surface area contributed by atoms with Crippen LogP contribution in [0, 0.1) is 0 Å². The maximum absolute atomic E-state index is 12.2. The Balaban J connectivity index is 1.70. The van der Waals surface area contributed by atoms with Crippen molar-refractivity contribution in [3.8, 4) is 0 Å². The van der Waals surface area contributed by atoms with E-state index in [-0.39, 0.29) is 0 Å². The van der Waals surface area contributed by atoms with E-state index in [0.29, 0.717) is 10.7 Å². The first kappa shape index (κ1) is 18.4. The minimum atomic E-state index is -1.24. The molecule has 5 atom stereocenters. The van der Waals surface area contributed by atoms with Crippen molar-refractivity contribution in [2.75, 3.05) is 11.9 Å². The van der Waals surface area contributed by atoms with Crippen LogP contribution in [0.5, 0.6) is 0 Å². The van der Waals surface area contributed by atoms with Gasteiger partial charge in [0.05, 0.1) is 6.61 Å². The zero-order valence-electron chi connectivity index (χ0n) is 13.7. The van der Waals surface area contributed by atoms with Gasteiger partial charge in [0.2, 0.25) is 0 Å². The molecule has 1 unspecified atom stereocenters. The van der Waals surface area contributed by atoms with Crippen LogP contribution in [-0.2, 0) is 18.9 Å². The summed E-state index contributed by atoms with van der Waals surface area (Å²) in [7, 11) is 0. The van der Waals surface area contributed by atoms with Gasteiger partial charge in [0, 0.05) is 10.7 Å². The molecular weight excluding hydrogens is 354 g/mol. The van der Waals surface area contributed by atoms with Crippen molar-refractivity contribution in [3.63, 3.8) is 0 Å². The lowest BCUT2D eigenvalue weighted by molar-refractivity contribution is -0.227. The molecule has 0 saturated carbocycles. The summed E-state index contributed by atoms with van der Waals surface area (Å²) < 4.78 is 22.3. The van der Waals surface area contributed by atoms with Crippen LogP contribution in [0.25, 0.3) is 0 Å². The number of nitrogens with one attached hydrogen (secondary N) is 1. The number of ether oxygens (including phenoxy) is 4. The van der Waals surface area contributed by atoms with E-state index in [1.165, 1.54) is 0 Å². The van der Waals surface area contributed by atoms with Gasteiger partial charge in [0.15, 0.2) is 24.3 Å². The molecule has 3 rings (SSSR count). The lowest BCUT2D eigenvalue weighted by Crippen LogP contribution is -2.45. The molecular formula is C16H20ClNO7. The van der Waals surface area contributed by atoms with Gasteiger partial charge in [-0.1, -0.05) is 11.6 Å². The molecule has 2 heterocycles. The van der Waals surface area contributed by atoms with E-state index in [1.54, 1.807) is 38.1 Å². The quantitative estimate of drug-likeness (QED) is 0.734. The van der Waals surface area contributed by atoms with E-state index in [4.69, 9.17) is 30.5 Å². The summed E-state index contributed by atoms with van der Waals surface area (Å²) in [5.74, 6) is -0.904. The highest BCUT2D eigenvalue weighted by molar-refractivity contribution is 6.30. The maximum atomic E-state index is 12.2. The second kappa shape index (κ2) is 7.06. The smallest absolute Gasteiger partial charge is 0.412 e. The van der Waals surface area contributed by atoms with Crippen LogP contribution in [-0.4, -0.2) is 59.4 Å². The van der Waals surface area contributed by atoms with E-state index in [2.05, 4.69) is 5.32 Å². The standard InChI is InChI=1S/C16H20ClNO7/c1-16(2)24-13-12(11(10(20)7-19)22-14(13)25-16)23-15(21)18-9-5-3-8(17)4-6-9/h3-6,10-14,19-20H,7H2,1-2H3,(H,18,21)/t10?,11-,12-,13-,14-/m1/s1. The van der Waals surface area contributed by atoms with Gasteiger partial charge >= 0.3 is 6.09 Å². The Hall–Kier alpha value is -1.42. The molecule has 25 heavy (non-hydrogen) atoms. The van der Waals surface area contributed by atoms with E-state index in [0.717, 1.165) is 0 Å². The van der Waals surface area contributed by atoms with Crippen LogP contribution in [0.4, 0.5) is 10.5 Å². The van der Waals surface area contributed by atoms with Crippen molar-refractivity contribution >= 4 is 23.4 Å². The normalized spacial score (nSPS) is 31.4. The molecule has 1 amide bonds. The molecule has 2 aliphatic heterocycles. The Bertz CT molecular complexity index is 623. The van der Waals surface area contributed by atoms with Gasteiger partial charge in [0.1, 0.15) is 12.2 Å². The summed E-state index contributed by atoms with van der Waals surface area (Å²) in [4.78, 5) is 12.2. The molecule has 0 aromatic heterocycles. The van der Waals surface area contributed by atoms with Gasteiger partial charge < -0.3 is 29.2 Å². The largest absolute Gasteiger partial charge is 0.440 e. The van der Waals surface area contributed by atoms with Crippen molar-refractivity contribution in [2.24, 2.45) is 0 Å². The topological polar surface area (TPSA) is 106 Å². The molecule has 9 heteroatoms. The summed E-state index contributed by atoms with van der Waals surface area (Å²) >= 11 is 5.80. The van der Waals surface area contributed by atoms with Crippen molar-refractivity contribution in [1.29, 1.82) is 0 Å². The zero-order chi connectivity index (χ0) is 18.2. The summed E-state index contributed by atoms with van der Waals surface area (Å²) in [6, 6.07) is 6.49. The molecule has 0 radical (unpaired) electrons. The summed E-state index contributed by atoms with van der Waals surface area (Å²) in [5.41, 5.74) is 0.494. The fourth-order valence-electron chi connectivity index (χ4n) is 2.86. The second-order valence-electron chi connectivity index (χ2n) is 6.32. The number of fused-ring (bicyclic) bond motifs is 1. The number of hydrogen-bond donors (Lipinski definition) is 3. The molecule has 2 fully saturated rings. The van der Waals surface area contributed by atoms with Gasteiger partial charge in [-0.2, -0.15) is 0 Å². The number of benzene rings is 1. The predicted octanol–water partition coefficient (Wildman–Crippen LogP) is 1.49. The molecule has 0 aliphatic carbocycles. The average molecular weight is 374 g/mol. The number of carbonyl (C=O) groups excluding carboxylic acids is 1. The molecule has 0 bridgehead atoms. The highest BCUT2D eigenvalue weighted by Crippen LogP contribution is 2.39. The van der Waals surface area contributed by atoms with Crippen LogP contribution in [0.3, 0.4) is 0 Å². The van der Waals surface area contributed by atoms with Crippen LogP contribution < -0.4 is 5.32 Å². The summed E-state index contributed by atoms with van der Waals surface area (Å²) in [6.45, 7) is 2.86. The average Bonchev–Trinajstić information content (AvgIpc) is 3.02. The fraction of sp³-hybridized carbons (Fsp3) is 0.562. The van der Waals surface area contributed by atoms with Gasteiger partial charge in [0.25, 0.3) is 0 Å². The lowest BCUT2D eigenvalue weighted by Gasteiger charge is -2.27. The van der Waals surface area contributed by atoms with E-state index >= 15 is 0 Å². The highest BCUT2D eigenvalue weighted by atomic mass is 35.5. The van der Waals surface area contributed by atoms with Crippen molar-refractivity contribution < 1.29 is 34.0 Å². The maximum Gasteiger partial charge on any atom is 0.412 e. The number of aliphatic hydroxyl groups is 2. The van der Waals surface area contributed by atoms with Gasteiger partial charge in [-0.25, -0.2) is 4.79 Å². The Morgan fingerprint density at radius 1 is 1.36 bits per heavy atom. The van der Waals surface area contributed by atoms with E-state index < -0.39 is 49.2 Å². The monoisotopic (exact) mass is 373 g/mol. The molecule has 1 aromatic rings. The molecule has 0 spiro atoms. The number of anilines is 1. The molecule has 2 saturated heterocycles. The van der Waals surface area contributed by atoms with Crippen molar-refractivity contribution in [3.05, 3.63) is 29.3 Å². The van der Waals surface area contributed by atoms with Crippen LogP contribution >= 0.6 is 11.6 Å². The Morgan fingerprint density at radius 3 is 2.68 bits per heavy atom. The first-order chi connectivity index (χ1) is 11.8. The predicted molar refractivity (Wildman–Crippen MR) is 87.1 cm³/mol. The molecule has 3 N–H and O–H groups in total. The highest BCUT2D eigenvalue weighted by Gasteiger charge is 2.58. The lowest BCUT2D eigenvalue weighted by atomic mass is 10.1. The molecule has 138 valence electrons. The third-order valence-electron chi connectivity index (χ3n) is 3.93. The Morgan fingerprint density at radius 2 is 2.04 bits per heavy atom. The third-order valence-corrected chi connectivity index (χ3v) is 4.18. The molecule has 2 aliphatic rings. The van der Waals surface area contributed by atoms with Crippen LogP contribution in [0.2, 0.25) is 5.02 Å².